The summed E-state index contributed by atoms with van der Waals surface area (Å²) in [7, 11) is 0. The van der Waals surface area contributed by atoms with Crippen molar-refractivity contribution < 1.29 is 0 Å². The summed E-state index contributed by atoms with van der Waals surface area (Å²) < 4.78 is 0. The molecule has 14 heavy (non-hydrogen) atoms. The van der Waals surface area contributed by atoms with E-state index >= 15 is 0 Å². The van der Waals surface area contributed by atoms with Crippen LogP contribution in [0, 0.1) is 6.92 Å². The first-order valence-electron chi connectivity index (χ1n) is 5.46. The summed E-state index contributed by atoms with van der Waals surface area (Å²) in [6.45, 7) is 5.92. The Kier molecular flexibility index (Phi) is 5.20. The molecule has 1 aromatic heterocycles. The maximum Gasteiger partial charge on any atom is 0.0586 e. The number of rotatable bonds is 6. The predicted molar refractivity (Wildman–Crippen MR) is 58.9 cm³/mol. The van der Waals surface area contributed by atoms with Crippen LogP contribution in [0.25, 0.3) is 0 Å². The van der Waals surface area contributed by atoms with E-state index in [9.17, 15) is 0 Å². The first-order chi connectivity index (χ1) is 6.86. The van der Waals surface area contributed by atoms with Gasteiger partial charge in [-0.05, 0) is 19.3 Å². The summed E-state index contributed by atoms with van der Waals surface area (Å²) in [5, 5.41) is 0. The number of hydrogen-bond acceptors (Lipinski definition) is 2. The maximum absolute atomic E-state index is 4.37. The number of nitrogens with zero attached hydrogens (tertiary/aromatic N) is 2. The molecule has 0 bridgehead atoms. The van der Waals surface area contributed by atoms with Crippen molar-refractivity contribution in [3.63, 3.8) is 0 Å². The SMILES string of the molecule is [CH2]CCCCCc1cnc(CC)cn1. The highest BCUT2D eigenvalue weighted by Crippen LogP contribution is 2.05. The molecule has 0 N–H and O–H groups in total. The Labute approximate surface area is 86.8 Å². The van der Waals surface area contributed by atoms with Crippen LogP contribution < -0.4 is 0 Å². The zero-order valence-corrected chi connectivity index (χ0v) is 9.00. The summed E-state index contributed by atoms with van der Waals surface area (Å²) in [5.41, 5.74) is 2.19. The Morgan fingerprint density at radius 2 is 1.79 bits per heavy atom. The van der Waals surface area contributed by atoms with Gasteiger partial charge in [0, 0.05) is 12.4 Å². The van der Waals surface area contributed by atoms with Crippen LogP contribution in [-0.4, -0.2) is 9.97 Å². The monoisotopic (exact) mass is 191 g/mol. The molecule has 0 aliphatic heterocycles. The van der Waals surface area contributed by atoms with Gasteiger partial charge in [0.05, 0.1) is 11.4 Å². The largest absolute Gasteiger partial charge is 0.258 e. The molecule has 0 unspecified atom stereocenters. The lowest BCUT2D eigenvalue weighted by atomic mass is 10.1. The Morgan fingerprint density at radius 3 is 2.36 bits per heavy atom. The Morgan fingerprint density at radius 1 is 1.07 bits per heavy atom. The fourth-order valence-electron chi connectivity index (χ4n) is 1.35. The molecular weight excluding hydrogens is 172 g/mol. The van der Waals surface area contributed by atoms with E-state index in [0.717, 1.165) is 30.7 Å². The van der Waals surface area contributed by atoms with Gasteiger partial charge in [0.15, 0.2) is 0 Å². The number of unbranched alkanes of at least 4 members (excludes halogenated alkanes) is 3. The van der Waals surface area contributed by atoms with Crippen LogP contribution in [-0.2, 0) is 12.8 Å². The summed E-state index contributed by atoms with van der Waals surface area (Å²) >= 11 is 0. The minimum Gasteiger partial charge on any atom is -0.258 e. The van der Waals surface area contributed by atoms with E-state index in [0.29, 0.717) is 0 Å². The molecule has 1 heterocycles. The molecule has 1 radical (unpaired) electrons. The summed E-state index contributed by atoms with van der Waals surface area (Å²) in [6, 6.07) is 0. The van der Waals surface area contributed by atoms with E-state index in [4.69, 9.17) is 0 Å². The van der Waals surface area contributed by atoms with Gasteiger partial charge in [-0.3, -0.25) is 9.97 Å². The van der Waals surface area contributed by atoms with Crippen molar-refractivity contribution in [2.75, 3.05) is 0 Å². The molecule has 0 aromatic carbocycles. The highest BCUT2D eigenvalue weighted by atomic mass is 14.8. The highest BCUT2D eigenvalue weighted by molar-refractivity contribution is 5.02. The van der Waals surface area contributed by atoms with E-state index < -0.39 is 0 Å². The van der Waals surface area contributed by atoms with Crippen molar-refractivity contribution in [2.24, 2.45) is 0 Å². The van der Waals surface area contributed by atoms with E-state index in [1.807, 2.05) is 12.4 Å². The topological polar surface area (TPSA) is 25.8 Å². The molecular formula is C12H19N2. The minimum absolute atomic E-state index is 0.967. The average molecular weight is 191 g/mol. The molecule has 1 rings (SSSR count). The van der Waals surface area contributed by atoms with Crippen molar-refractivity contribution >= 4 is 0 Å². The zero-order valence-electron chi connectivity index (χ0n) is 9.00. The smallest absolute Gasteiger partial charge is 0.0586 e. The number of aromatic nitrogens is 2. The molecule has 0 aliphatic carbocycles. The predicted octanol–water partition coefficient (Wildman–Crippen LogP) is 2.98. The lowest BCUT2D eigenvalue weighted by Gasteiger charge is -2.00. The van der Waals surface area contributed by atoms with Crippen LogP contribution in [0.3, 0.4) is 0 Å². The minimum atomic E-state index is 0.967. The second-order valence-electron chi connectivity index (χ2n) is 3.52. The lowest BCUT2D eigenvalue weighted by molar-refractivity contribution is 0.675. The van der Waals surface area contributed by atoms with Crippen molar-refractivity contribution in [2.45, 2.75) is 45.4 Å². The molecule has 1 aromatic rings. The average Bonchev–Trinajstić information content (AvgIpc) is 2.25. The molecule has 0 fully saturated rings. The third-order valence-electron chi connectivity index (χ3n) is 2.30. The fourth-order valence-corrected chi connectivity index (χ4v) is 1.35. The normalized spacial score (nSPS) is 10.4. The molecule has 0 amide bonds. The van der Waals surface area contributed by atoms with Gasteiger partial charge >= 0.3 is 0 Å². The van der Waals surface area contributed by atoms with Gasteiger partial charge in [-0.25, -0.2) is 0 Å². The van der Waals surface area contributed by atoms with Gasteiger partial charge in [-0.1, -0.05) is 33.1 Å². The molecule has 77 valence electrons. The summed E-state index contributed by atoms with van der Waals surface area (Å²) in [6.07, 6.45) is 10.5. The second-order valence-corrected chi connectivity index (χ2v) is 3.52. The van der Waals surface area contributed by atoms with Crippen LogP contribution in [0.1, 0.15) is 44.0 Å². The number of aryl methyl sites for hydroxylation is 2. The summed E-state index contributed by atoms with van der Waals surface area (Å²) in [5.74, 6) is 0. The quantitative estimate of drug-likeness (QED) is 0.646. The fraction of sp³-hybridized carbons (Fsp3) is 0.583. The summed E-state index contributed by atoms with van der Waals surface area (Å²) in [4.78, 5) is 8.69. The third-order valence-corrected chi connectivity index (χ3v) is 2.30. The standard InChI is InChI=1S/C12H19N2/c1-3-5-6-7-8-12-10-13-11(4-2)9-14-12/h9-10H,1,3-8H2,2H3. The molecule has 0 saturated carbocycles. The van der Waals surface area contributed by atoms with Gasteiger partial charge in [0.25, 0.3) is 0 Å². The molecule has 0 aliphatic rings. The van der Waals surface area contributed by atoms with Crippen molar-refractivity contribution in [3.05, 3.63) is 30.7 Å². The van der Waals surface area contributed by atoms with E-state index in [1.165, 1.54) is 19.3 Å². The van der Waals surface area contributed by atoms with Crippen molar-refractivity contribution in [3.8, 4) is 0 Å². The lowest BCUT2D eigenvalue weighted by Crippen LogP contribution is -1.95. The highest BCUT2D eigenvalue weighted by Gasteiger charge is 1.96. The van der Waals surface area contributed by atoms with Gasteiger partial charge in [0.1, 0.15) is 0 Å². The zero-order chi connectivity index (χ0) is 10.2. The van der Waals surface area contributed by atoms with Crippen LogP contribution >= 0.6 is 0 Å². The Bertz CT molecular complexity index is 241. The molecule has 0 atom stereocenters. The van der Waals surface area contributed by atoms with Crippen LogP contribution in [0.15, 0.2) is 12.4 Å². The molecule has 2 nitrogen and oxygen atoms in total. The van der Waals surface area contributed by atoms with Crippen LogP contribution in [0.4, 0.5) is 0 Å². The van der Waals surface area contributed by atoms with Crippen molar-refractivity contribution in [1.82, 2.24) is 9.97 Å². The van der Waals surface area contributed by atoms with Gasteiger partial charge in [0.2, 0.25) is 0 Å². The van der Waals surface area contributed by atoms with Crippen LogP contribution in [0.2, 0.25) is 0 Å². The number of hydrogen-bond donors (Lipinski definition) is 0. The first-order valence-corrected chi connectivity index (χ1v) is 5.46. The second kappa shape index (κ2) is 6.52. The van der Waals surface area contributed by atoms with E-state index in [1.54, 1.807) is 0 Å². The van der Waals surface area contributed by atoms with Gasteiger partial charge < -0.3 is 0 Å². The molecule has 0 spiro atoms. The van der Waals surface area contributed by atoms with Crippen molar-refractivity contribution in [1.29, 1.82) is 0 Å². The van der Waals surface area contributed by atoms with Gasteiger partial charge in [-0.2, -0.15) is 0 Å². The molecule has 2 heteroatoms. The third kappa shape index (κ3) is 3.86. The first kappa shape index (κ1) is 11.2. The Balaban J connectivity index is 2.29. The Hall–Kier alpha value is -0.920. The maximum atomic E-state index is 4.37. The van der Waals surface area contributed by atoms with Gasteiger partial charge in [-0.15, -0.1) is 0 Å². The van der Waals surface area contributed by atoms with E-state index in [-0.39, 0.29) is 0 Å². The van der Waals surface area contributed by atoms with Crippen LogP contribution in [0.5, 0.6) is 0 Å². The molecule has 0 saturated heterocycles. The van der Waals surface area contributed by atoms with E-state index in [2.05, 4.69) is 23.8 Å².